The first-order valence-electron chi connectivity index (χ1n) is 6.53. The normalized spacial score (nSPS) is 10.8. The molecule has 0 atom stereocenters. The molecule has 0 saturated heterocycles. The molecule has 0 aliphatic heterocycles. The Kier molecular flexibility index (Phi) is 4.01. The molecule has 0 aliphatic carbocycles. The molecule has 0 amide bonds. The molecule has 3 rings (SSSR count). The fraction of sp³-hybridized carbons (Fsp3) is 0.0588. The van der Waals surface area contributed by atoms with Crippen LogP contribution < -0.4 is 0 Å². The van der Waals surface area contributed by atoms with Gasteiger partial charge in [0, 0.05) is 10.8 Å². The molecule has 0 unspecified atom stereocenters. The maximum Gasteiger partial charge on any atom is 0.198 e. The zero-order valence-corrected chi connectivity index (χ0v) is 12.7. The molecule has 0 radical (unpaired) electrons. The number of hydrogen-bond acceptors (Lipinski definition) is 1. The summed E-state index contributed by atoms with van der Waals surface area (Å²) >= 11 is 1.18. The van der Waals surface area contributed by atoms with Gasteiger partial charge in [0.1, 0.15) is 0 Å². The van der Waals surface area contributed by atoms with E-state index in [4.69, 9.17) is 0 Å². The first kappa shape index (κ1) is 16.4. The van der Waals surface area contributed by atoms with Gasteiger partial charge in [0.05, 0.1) is 10.4 Å². The van der Waals surface area contributed by atoms with Crippen molar-refractivity contribution in [2.45, 2.75) is 6.92 Å². The topological polar surface area (TPSA) is 0 Å². The third kappa shape index (κ3) is 2.34. The molecule has 0 spiro atoms. The Morgan fingerprint density at radius 3 is 1.96 bits per heavy atom. The lowest BCUT2D eigenvalue weighted by atomic mass is 9.97. The van der Waals surface area contributed by atoms with Crippen molar-refractivity contribution in [3.63, 3.8) is 0 Å². The lowest BCUT2D eigenvalue weighted by Gasteiger charge is -2.11. The smallest absolute Gasteiger partial charge is 0.198 e. The summed E-state index contributed by atoms with van der Waals surface area (Å²) in [6, 6.07) is 3.22. The predicted molar refractivity (Wildman–Crippen MR) is 78.7 cm³/mol. The third-order valence-corrected chi connectivity index (χ3v) is 4.25. The van der Waals surface area contributed by atoms with E-state index in [1.807, 2.05) is 0 Å². The summed E-state index contributed by atoms with van der Waals surface area (Å²) in [5.74, 6) is -6.21. The number of fused-ring (bicyclic) bond motifs is 1. The monoisotopic (exact) mass is 356 g/mol. The first-order valence-corrected chi connectivity index (χ1v) is 7.41. The number of rotatable bonds is 0. The van der Waals surface area contributed by atoms with Crippen LogP contribution in [-0.4, -0.2) is 0 Å². The molecular formula is C17H6F6S. The van der Waals surface area contributed by atoms with Crippen molar-refractivity contribution in [2.75, 3.05) is 0 Å². The molecule has 0 fully saturated rings. The molecule has 7 heteroatoms. The minimum atomic E-state index is -2.11. The van der Waals surface area contributed by atoms with Crippen LogP contribution in [0.15, 0.2) is 17.5 Å². The van der Waals surface area contributed by atoms with Gasteiger partial charge in [-0.3, -0.25) is 0 Å². The number of benzene rings is 2. The van der Waals surface area contributed by atoms with E-state index in [0.29, 0.717) is 4.88 Å². The Morgan fingerprint density at radius 1 is 0.750 bits per heavy atom. The van der Waals surface area contributed by atoms with E-state index in [1.165, 1.54) is 11.3 Å². The van der Waals surface area contributed by atoms with E-state index < -0.39 is 56.8 Å². The van der Waals surface area contributed by atoms with E-state index >= 15 is 0 Å². The quantitative estimate of drug-likeness (QED) is 0.218. The lowest BCUT2D eigenvalue weighted by Crippen LogP contribution is -2.05. The second kappa shape index (κ2) is 5.87. The maximum absolute atomic E-state index is 14.2. The lowest BCUT2D eigenvalue weighted by molar-refractivity contribution is 0.416. The van der Waals surface area contributed by atoms with Crippen LogP contribution in [0.3, 0.4) is 0 Å². The van der Waals surface area contributed by atoms with Crippen LogP contribution in [0.2, 0.25) is 0 Å². The van der Waals surface area contributed by atoms with Crippen LogP contribution >= 0.6 is 11.3 Å². The molecule has 0 saturated carbocycles. The number of thiophene rings is 1. The maximum atomic E-state index is 14.2. The molecule has 122 valence electrons. The molecular weight excluding hydrogens is 350 g/mol. The Morgan fingerprint density at radius 2 is 1.38 bits per heavy atom. The van der Waals surface area contributed by atoms with E-state index in [9.17, 15) is 26.3 Å². The van der Waals surface area contributed by atoms with Gasteiger partial charge in [-0.2, -0.15) is 0 Å². The van der Waals surface area contributed by atoms with Crippen LogP contribution in [0.25, 0.3) is 10.8 Å². The summed E-state index contributed by atoms with van der Waals surface area (Å²) < 4.78 is 83.2. The second-order valence-electron chi connectivity index (χ2n) is 4.86. The van der Waals surface area contributed by atoms with Crippen LogP contribution in [0.5, 0.6) is 0 Å². The summed E-state index contributed by atoms with van der Waals surface area (Å²) in [6.45, 7) is 0.942. The van der Waals surface area contributed by atoms with Crippen molar-refractivity contribution in [1.29, 1.82) is 0 Å². The molecule has 0 aliphatic rings. The Hall–Kier alpha value is -2.46. The fourth-order valence-corrected chi connectivity index (χ4v) is 2.87. The van der Waals surface area contributed by atoms with Gasteiger partial charge < -0.3 is 0 Å². The van der Waals surface area contributed by atoms with Crippen LogP contribution in [0.4, 0.5) is 26.3 Å². The standard InChI is InChI=1S/C17H6F6S/c1-7-10-11(15(21)17(23)16(22)14(10)20)9(13(19)12(7)18)5-4-8-3-2-6-24-8/h2-3,6H,1H3. The predicted octanol–water partition coefficient (Wildman–Crippen LogP) is 5.44. The average molecular weight is 356 g/mol. The van der Waals surface area contributed by atoms with Crippen molar-refractivity contribution in [1.82, 2.24) is 0 Å². The number of hydrogen-bond donors (Lipinski definition) is 0. The Labute approximate surface area is 136 Å². The zero-order chi connectivity index (χ0) is 17.6. The van der Waals surface area contributed by atoms with Gasteiger partial charge >= 0.3 is 0 Å². The molecule has 0 nitrogen and oxygen atoms in total. The second-order valence-corrected chi connectivity index (χ2v) is 5.81. The fourth-order valence-electron chi connectivity index (χ4n) is 2.30. The third-order valence-electron chi connectivity index (χ3n) is 3.47. The molecule has 24 heavy (non-hydrogen) atoms. The average Bonchev–Trinajstić information content (AvgIpc) is 3.08. The number of aryl methyl sites for hydroxylation is 1. The van der Waals surface area contributed by atoms with Crippen LogP contribution in [0, 0.1) is 53.7 Å². The first-order chi connectivity index (χ1) is 11.3. The summed E-state index contributed by atoms with van der Waals surface area (Å²) in [6.07, 6.45) is 0. The van der Waals surface area contributed by atoms with E-state index in [0.717, 1.165) is 6.92 Å². The van der Waals surface area contributed by atoms with Crippen molar-refractivity contribution in [2.24, 2.45) is 0 Å². The van der Waals surface area contributed by atoms with Gasteiger partial charge in [-0.1, -0.05) is 17.9 Å². The van der Waals surface area contributed by atoms with E-state index in [-0.39, 0.29) is 0 Å². The molecule has 1 heterocycles. The van der Waals surface area contributed by atoms with Gasteiger partial charge in [0.15, 0.2) is 34.9 Å². The Bertz CT molecular complexity index is 1020. The highest BCUT2D eigenvalue weighted by Crippen LogP contribution is 2.34. The van der Waals surface area contributed by atoms with Gasteiger partial charge in [0.25, 0.3) is 0 Å². The van der Waals surface area contributed by atoms with Gasteiger partial charge in [0.2, 0.25) is 0 Å². The van der Waals surface area contributed by atoms with Crippen LogP contribution in [-0.2, 0) is 0 Å². The summed E-state index contributed by atoms with van der Waals surface area (Å²) in [7, 11) is 0. The summed E-state index contributed by atoms with van der Waals surface area (Å²) in [4.78, 5) is 0.451. The van der Waals surface area contributed by atoms with Crippen molar-refractivity contribution in [3.05, 3.63) is 68.4 Å². The van der Waals surface area contributed by atoms with Gasteiger partial charge in [-0.15, -0.1) is 11.3 Å². The largest absolute Gasteiger partial charge is 0.203 e. The summed E-state index contributed by atoms with van der Waals surface area (Å²) in [5, 5.41) is -0.128. The van der Waals surface area contributed by atoms with E-state index in [1.54, 1.807) is 17.5 Å². The Balaban J connectivity index is 2.49. The minimum Gasteiger partial charge on any atom is -0.203 e. The van der Waals surface area contributed by atoms with Gasteiger partial charge in [-0.25, -0.2) is 26.3 Å². The zero-order valence-electron chi connectivity index (χ0n) is 11.9. The SMILES string of the molecule is Cc1c(F)c(F)c(C#Cc2cccs2)c2c(F)c(F)c(F)c(F)c12. The number of halogens is 6. The van der Waals surface area contributed by atoms with Crippen molar-refractivity contribution in [3.8, 4) is 11.8 Å². The summed E-state index contributed by atoms with van der Waals surface area (Å²) in [5.41, 5.74) is -1.53. The molecule has 0 bridgehead atoms. The molecule has 1 aromatic heterocycles. The van der Waals surface area contributed by atoms with Crippen molar-refractivity contribution < 1.29 is 26.3 Å². The van der Waals surface area contributed by atoms with E-state index in [2.05, 4.69) is 11.8 Å². The molecule has 3 aromatic rings. The highest BCUT2D eigenvalue weighted by atomic mass is 32.1. The van der Waals surface area contributed by atoms with Crippen LogP contribution in [0.1, 0.15) is 16.0 Å². The van der Waals surface area contributed by atoms with Crippen molar-refractivity contribution >= 4 is 22.1 Å². The highest BCUT2D eigenvalue weighted by molar-refractivity contribution is 7.10. The molecule has 2 aromatic carbocycles. The highest BCUT2D eigenvalue weighted by Gasteiger charge is 2.28. The van der Waals surface area contributed by atoms with Gasteiger partial charge in [-0.05, 0) is 23.9 Å². The molecule has 0 N–H and O–H groups in total. The minimum absolute atomic E-state index is 0.451.